The third kappa shape index (κ3) is 1.78. The van der Waals surface area contributed by atoms with Crippen LogP contribution in [0.15, 0.2) is 18.3 Å². The minimum atomic E-state index is 0.365. The summed E-state index contributed by atoms with van der Waals surface area (Å²) in [6.45, 7) is 0. The van der Waals surface area contributed by atoms with Gasteiger partial charge in [0, 0.05) is 15.2 Å². The highest BCUT2D eigenvalue weighted by molar-refractivity contribution is 14.1. The van der Waals surface area contributed by atoms with Gasteiger partial charge in [0.15, 0.2) is 0 Å². The molecule has 0 aliphatic heterocycles. The van der Waals surface area contributed by atoms with E-state index in [1.54, 1.807) is 6.07 Å². The maximum absolute atomic E-state index is 8.83. The van der Waals surface area contributed by atoms with E-state index in [0.717, 1.165) is 8.96 Å². The van der Waals surface area contributed by atoms with Gasteiger partial charge in [0.2, 0.25) is 0 Å². The standard InChI is InChI=1S/C10H3Cl2IN2/c11-6-1-2-7(13)8-9(12)5(3-14)4-15-10(6)8/h1-2,4H. The van der Waals surface area contributed by atoms with Gasteiger partial charge in [-0.2, -0.15) is 5.26 Å². The summed E-state index contributed by atoms with van der Waals surface area (Å²) in [5.74, 6) is 0. The van der Waals surface area contributed by atoms with Crippen molar-refractivity contribution in [1.82, 2.24) is 4.98 Å². The van der Waals surface area contributed by atoms with Crippen LogP contribution in [-0.2, 0) is 0 Å². The fraction of sp³-hybridized carbons (Fsp3) is 0. The summed E-state index contributed by atoms with van der Waals surface area (Å²) >= 11 is 14.2. The molecule has 0 aliphatic rings. The number of pyridine rings is 1. The smallest absolute Gasteiger partial charge is 0.102 e. The van der Waals surface area contributed by atoms with E-state index in [2.05, 4.69) is 27.6 Å². The molecule has 0 amide bonds. The van der Waals surface area contributed by atoms with Gasteiger partial charge in [-0.3, -0.25) is 4.98 Å². The van der Waals surface area contributed by atoms with Crippen LogP contribution < -0.4 is 0 Å². The van der Waals surface area contributed by atoms with Crippen molar-refractivity contribution in [3.8, 4) is 6.07 Å². The molecule has 74 valence electrons. The lowest BCUT2D eigenvalue weighted by atomic mass is 10.2. The number of halogens is 3. The van der Waals surface area contributed by atoms with Crippen LogP contribution in [0.4, 0.5) is 0 Å². The van der Waals surface area contributed by atoms with Gasteiger partial charge < -0.3 is 0 Å². The van der Waals surface area contributed by atoms with Crippen molar-refractivity contribution in [2.75, 3.05) is 0 Å². The highest BCUT2D eigenvalue weighted by Crippen LogP contribution is 2.33. The number of benzene rings is 1. The monoisotopic (exact) mass is 348 g/mol. The van der Waals surface area contributed by atoms with Crippen molar-refractivity contribution in [2.45, 2.75) is 0 Å². The predicted molar refractivity (Wildman–Crippen MR) is 69.2 cm³/mol. The predicted octanol–water partition coefficient (Wildman–Crippen LogP) is 4.02. The van der Waals surface area contributed by atoms with Gasteiger partial charge in [-0.1, -0.05) is 23.2 Å². The zero-order valence-corrected chi connectivity index (χ0v) is 10.9. The summed E-state index contributed by atoms with van der Waals surface area (Å²) < 4.78 is 0.932. The van der Waals surface area contributed by atoms with Gasteiger partial charge in [-0.05, 0) is 34.7 Å². The number of nitrogens with zero attached hydrogens (tertiary/aromatic N) is 2. The second-order valence-electron chi connectivity index (χ2n) is 2.85. The largest absolute Gasteiger partial charge is 0.253 e. The molecule has 1 heterocycles. The van der Waals surface area contributed by atoms with Crippen molar-refractivity contribution >= 4 is 56.7 Å². The maximum atomic E-state index is 8.83. The Morgan fingerprint density at radius 1 is 1.33 bits per heavy atom. The zero-order chi connectivity index (χ0) is 11.0. The zero-order valence-electron chi connectivity index (χ0n) is 7.26. The average Bonchev–Trinajstić information content (AvgIpc) is 2.23. The number of aromatic nitrogens is 1. The van der Waals surface area contributed by atoms with Crippen LogP contribution in [0.1, 0.15) is 5.56 Å². The summed E-state index contributed by atoms with van der Waals surface area (Å²) in [6, 6.07) is 5.61. The van der Waals surface area contributed by atoms with E-state index in [-0.39, 0.29) is 0 Å². The number of hydrogen-bond donors (Lipinski definition) is 0. The lowest BCUT2D eigenvalue weighted by Crippen LogP contribution is -1.88. The molecular formula is C10H3Cl2IN2. The van der Waals surface area contributed by atoms with E-state index in [1.165, 1.54) is 6.20 Å². The Hall–Kier alpha value is -0.570. The van der Waals surface area contributed by atoms with E-state index in [4.69, 9.17) is 28.5 Å². The number of fused-ring (bicyclic) bond motifs is 1. The minimum absolute atomic E-state index is 0.365. The lowest BCUT2D eigenvalue weighted by molar-refractivity contribution is 1.37. The summed E-state index contributed by atoms with van der Waals surface area (Å²) in [5, 5.41) is 10.5. The van der Waals surface area contributed by atoms with Crippen LogP contribution in [0.3, 0.4) is 0 Å². The van der Waals surface area contributed by atoms with E-state index in [0.29, 0.717) is 21.1 Å². The van der Waals surface area contributed by atoms with Crippen molar-refractivity contribution in [1.29, 1.82) is 5.26 Å². The maximum Gasteiger partial charge on any atom is 0.102 e. The van der Waals surface area contributed by atoms with Crippen LogP contribution >= 0.6 is 45.8 Å². The molecule has 1 aromatic heterocycles. The van der Waals surface area contributed by atoms with Gasteiger partial charge >= 0.3 is 0 Å². The Morgan fingerprint density at radius 3 is 2.73 bits per heavy atom. The minimum Gasteiger partial charge on any atom is -0.253 e. The molecule has 0 unspecified atom stereocenters. The summed E-state index contributed by atoms with van der Waals surface area (Å²) in [4.78, 5) is 4.13. The van der Waals surface area contributed by atoms with E-state index >= 15 is 0 Å². The molecule has 0 saturated heterocycles. The summed E-state index contributed by atoms with van der Waals surface area (Å²) in [7, 11) is 0. The molecule has 0 aliphatic carbocycles. The molecule has 0 atom stereocenters. The molecule has 0 bridgehead atoms. The van der Waals surface area contributed by atoms with Crippen LogP contribution in [0.2, 0.25) is 10.0 Å². The molecule has 0 saturated carbocycles. The van der Waals surface area contributed by atoms with Gasteiger partial charge in [-0.25, -0.2) is 0 Å². The first-order chi connectivity index (χ1) is 7.15. The Balaban J connectivity index is 3.00. The Morgan fingerprint density at radius 2 is 2.07 bits per heavy atom. The molecule has 2 aromatic rings. The number of rotatable bonds is 0. The summed E-state index contributed by atoms with van der Waals surface area (Å²) in [5.41, 5.74) is 0.997. The fourth-order valence-corrected chi connectivity index (χ4v) is 2.63. The molecule has 5 heteroatoms. The first-order valence-electron chi connectivity index (χ1n) is 3.97. The van der Waals surface area contributed by atoms with Crippen LogP contribution in [-0.4, -0.2) is 4.98 Å². The van der Waals surface area contributed by atoms with Crippen LogP contribution in [0.25, 0.3) is 10.9 Å². The second-order valence-corrected chi connectivity index (χ2v) is 4.80. The molecular weight excluding hydrogens is 346 g/mol. The fourth-order valence-electron chi connectivity index (χ4n) is 1.27. The normalized spacial score (nSPS) is 10.3. The topological polar surface area (TPSA) is 36.7 Å². The van der Waals surface area contributed by atoms with Gasteiger partial charge in [0.05, 0.1) is 21.1 Å². The molecule has 2 rings (SSSR count). The first-order valence-corrected chi connectivity index (χ1v) is 5.81. The third-order valence-corrected chi connectivity index (χ3v) is 3.57. The van der Waals surface area contributed by atoms with Crippen molar-refractivity contribution < 1.29 is 0 Å². The highest BCUT2D eigenvalue weighted by atomic mass is 127. The second kappa shape index (κ2) is 4.12. The third-order valence-electron chi connectivity index (χ3n) is 1.98. The van der Waals surface area contributed by atoms with Crippen molar-refractivity contribution in [3.63, 3.8) is 0 Å². The van der Waals surface area contributed by atoms with Gasteiger partial charge in [0.1, 0.15) is 6.07 Å². The van der Waals surface area contributed by atoms with Gasteiger partial charge in [0.25, 0.3) is 0 Å². The van der Waals surface area contributed by atoms with E-state index in [1.807, 2.05) is 12.1 Å². The van der Waals surface area contributed by atoms with Crippen LogP contribution in [0, 0.1) is 14.9 Å². The first kappa shape index (κ1) is 10.9. The number of nitriles is 1. The molecule has 0 fully saturated rings. The molecule has 1 aromatic carbocycles. The van der Waals surface area contributed by atoms with Crippen molar-refractivity contribution in [2.24, 2.45) is 0 Å². The molecule has 0 radical (unpaired) electrons. The Kier molecular flexibility index (Phi) is 3.01. The van der Waals surface area contributed by atoms with E-state index < -0.39 is 0 Å². The van der Waals surface area contributed by atoms with Crippen molar-refractivity contribution in [3.05, 3.63) is 37.5 Å². The number of hydrogen-bond acceptors (Lipinski definition) is 2. The average molecular weight is 349 g/mol. The van der Waals surface area contributed by atoms with E-state index in [9.17, 15) is 0 Å². The molecule has 0 N–H and O–H groups in total. The molecule has 2 nitrogen and oxygen atoms in total. The summed E-state index contributed by atoms with van der Waals surface area (Å²) in [6.07, 6.45) is 1.44. The Labute approximate surface area is 110 Å². The molecule has 15 heavy (non-hydrogen) atoms. The SMILES string of the molecule is N#Cc1cnc2c(Cl)ccc(I)c2c1Cl. The Bertz CT molecular complexity index is 590. The van der Waals surface area contributed by atoms with Crippen LogP contribution in [0.5, 0.6) is 0 Å². The quantitative estimate of drug-likeness (QED) is 0.674. The highest BCUT2D eigenvalue weighted by Gasteiger charge is 2.11. The lowest BCUT2D eigenvalue weighted by Gasteiger charge is -2.05. The van der Waals surface area contributed by atoms with Gasteiger partial charge in [-0.15, -0.1) is 0 Å². The molecule has 0 spiro atoms.